The molecule has 28 heavy (non-hydrogen) atoms. The number of ether oxygens (including phenoxy) is 1. The van der Waals surface area contributed by atoms with Crippen molar-refractivity contribution in [1.82, 2.24) is 10.3 Å². The maximum Gasteiger partial charge on any atom is 0.407 e. The number of rotatable bonds is 3. The number of hydrogen-bond acceptors (Lipinski definition) is 4. The standard InChI is InChI=1S/C23H19N3O2/c24-22-14-25-13-11-16(22)6-5-12-26-23(27)28-15-21-19-9-3-1-7-17(19)18-8-2-4-10-20(18)21/h1-4,7-11,13-14,21H,12,15,24H2,(H,26,27). The summed E-state index contributed by atoms with van der Waals surface area (Å²) in [4.78, 5) is 16.0. The van der Waals surface area contributed by atoms with Crippen LogP contribution in [0.4, 0.5) is 10.5 Å². The molecule has 1 aliphatic rings. The van der Waals surface area contributed by atoms with E-state index in [1.54, 1.807) is 18.5 Å². The summed E-state index contributed by atoms with van der Waals surface area (Å²) >= 11 is 0. The summed E-state index contributed by atoms with van der Waals surface area (Å²) in [5.41, 5.74) is 11.7. The lowest BCUT2D eigenvalue weighted by Gasteiger charge is -2.14. The van der Waals surface area contributed by atoms with Gasteiger partial charge >= 0.3 is 6.09 Å². The number of nitrogens with two attached hydrogens (primary N) is 1. The van der Waals surface area contributed by atoms with E-state index in [2.05, 4.69) is 46.4 Å². The summed E-state index contributed by atoms with van der Waals surface area (Å²) in [7, 11) is 0. The molecule has 1 aromatic heterocycles. The normalized spacial score (nSPS) is 11.7. The molecule has 3 aromatic rings. The van der Waals surface area contributed by atoms with Gasteiger partial charge in [-0.15, -0.1) is 0 Å². The minimum Gasteiger partial charge on any atom is -0.449 e. The third kappa shape index (κ3) is 3.53. The molecule has 4 rings (SSSR count). The Bertz CT molecular complexity index is 1040. The van der Waals surface area contributed by atoms with Crippen molar-refractivity contribution in [1.29, 1.82) is 0 Å². The van der Waals surface area contributed by atoms with Crippen molar-refractivity contribution in [3.05, 3.63) is 83.7 Å². The number of amides is 1. The maximum absolute atomic E-state index is 12.1. The van der Waals surface area contributed by atoms with Crippen LogP contribution in [0, 0.1) is 11.8 Å². The number of pyridine rings is 1. The SMILES string of the molecule is Nc1cnccc1C#CCNC(=O)OCC1c2ccccc2-c2ccccc21. The molecule has 3 N–H and O–H groups in total. The molecule has 0 saturated heterocycles. The summed E-state index contributed by atoms with van der Waals surface area (Å²) < 4.78 is 5.46. The summed E-state index contributed by atoms with van der Waals surface area (Å²) in [6, 6.07) is 18.2. The van der Waals surface area contributed by atoms with E-state index in [-0.39, 0.29) is 19.1 Å². The number of alkyl carbamates (subject to hydrolysis) is 1. The van der Waals surface area contributed by atoms with E-state index in [1.165, 1.54) is 22.3 Å². The van der Waals surface area contributed by atoms with Crippen LogP contribution in [-0.4, -0.2) is 24.2 Å². The van der Waals surface area contributed by atoms with E-state index in [1.807, 2.05) is 24.3 Å². The first-order valence-corrected chi connectivity index (χ1v) is 9.01. The second-order valence-corrected chi connectivity index (χ2v) is 6.44. The van der Waals surface area contributed by atoms with E-state index in [0.717, 1.165) is 0 Å². The Labute approximate surface area is 163 Å². The average Bonchev–Trinajstić information content (AvgIpc) is 3.05. The summed E-state index contributed by atoms with van der Waals surface area (Å²) in [5, 5.41) is 2.65. The number of fused-ring (bicyclic) bond motifs is 3. The molecule has 1 heterocycles. The minimum absolute atomic E-state index is 0.0425. The number of hydrogen-bond donors (Lipinski definition) is 2. The molecule has 0 radical (unpaired) electrons. The number of nitrogens with zero attached hydrogens (tertiary/aromatic N) is 1. The van der Waals surface area contributed by atoms with Crippen LogP contribution in [0.25, 0.3) is 11.1 Å². The molecule has 2 aromatic carbocycles. The molecule has 1 aliphatic carbocycles. The Morgan fingerprint density at radius 3 is 2.43 bits per heavy atom. The van der Waals surface area contributed by atoms with E-state index in [0.29, 0.717) is 11.3 Å². The first-order chi connectivity index (χ1) is 13.7. The molecule has 0 fully saturated rings. The van der Waals surface area contributed by atoms with Crippen molar-refractivity contribution >= 4 is 11.8 Å². The fourth-order valence-electron chi connectivity index (χ4n) is 3.43. The van der Waals surface area contributed by atoms with E-state index >= 15 is 0 Å². The van der Waals surface area contributed by atoms with Gasteiger partial charge in [0.15, 0.2) is 0 Å². The number of carbonyl (C=O) groups is 1. The van der Waals surface area contributed by atoms with E-state index < -0.39 is 6.09 Å². The summed E-state index contributed by atoms with van der Waals surface area (Å²) in [6.07, 6.45) is 2.68. The Morgan fingerprint density at radius 1 is 1.07 bits per heavy atom. The molecule has 0 bridgehead atoms. The van der Waals surface area contributed by atoms with Crippen LogP contribution >= 0.6 is 0 Å². The first-order valence-electron chi connectivity index (χ1n) is 9.01. The third-order valence-corrected chi connectivity index (χ3v) is 4.74. The largest absolute Gasteiger partial charge is 0.449 e. The van der Waals surface area contributed by atoms with Crippen molar-refractivity contribution < 1.29 is 9.53 Å². The zero-order chi connectivity index (χ0) is 19.3. The number of anilines is 1. The monoisotopic (exact) mass is 369 g/mol. The molecule has 0 atom stereocenters. The lowest BCUT2D eigenvalue weighted by Crippen LogP contribution is -2.26. The molecule has 138 valence electrons. The second kappa shape index (κ2) is 7.85. The van der Waals surface area contributed by atoms with Crippen molar-refractivity contribution in [3.63, 3.8) is 0 Å². The van der Waals surface area contributed by atoms with Gasteiger partial charge in [0.2, 0.25) is 0 Å². The van der Waals surface area contributed by atoms with Crippen LogP contribution in [0.5, 0.6) is 0 Å². The molecule has 5 nitrogen and oxygen atoms in total. The van der Waals surface area contributed by atoms with Gasteiger partial charge < -0.3 is 15.8 Å². The van der Waals surface area contributed by atoms with Crippen LogP contribution in [0.3, 0.4) is 0 Å². The minimum atomic E-state index is -0.487. The van der Waals surface area contributed by atoms with Crippen molar-refractivity contribution in [2.24, 2.45) is 0 Å². The average molecular weight is 369 g/mol. The van der Waals surface area contributed by atoms with Crippen LogP contribution in [0.1, 0.15) is 22.6 Å². The topological polar surface area (TPSA) is 77.2 Å². The van der Waals surface area contributed by atoms with Gasteiger partial charge in [-0.05, 0) is 28.3 Å². The lowest BCUT2D eigenvalue weighted by atomic mass is 9.98. The quantitative estimate of drug-likeness (QED) is 0.692. The van der Waals surface area contributed by atoms with Gasteiger partial charge in [0.25, 0.3) is 0 Å². The number of benzene rings is 2. The number of nitrogen functional groups attached to an aromatic ring is 1. The third-order valence-electron chi connectivity index (χ3n) is 4.74. The number of aromatic nitrogens is 1. The molecule has 5 heteroatoms. The summed E-state index contributed by atoms with van der Waals surface area (Å²) in [5.74, 6) is 5.81. The fourth-order valence-corrected chi connectivity index (χ4v) is 3.43. The Balaban J connectivity index is 1.36. The lowest BCUT2D eigenvalue weighted by molar-refractivity contribution is 0.144. The van der Waals surface area contributed by atoms with Gasteiger partial charge in [-0.2, -0.15) is 0 Å². The van der Waals surface area contributed by atoms with Gasteiger partial charge in [-0.25, -0.2) is 4.79 Å². The highest BCUT2D eigenvalue weighted by Gasteiger charge is 2.28. The Hall–Kier alpha value is -3.78. The van der Waals surface area contributed by atoms with Crippen LogP contribution < -0.4 is 11.1 Å². The molecular formula is C23H19N3O2. The molecule has 0 saturated carbocycles. The number of nitrogens with one attached hydrogen (secondary N) is 1. The highest BCUT2D eigenvalue weighted by Crippen LogP contribution is 2.44. The predicted molar refractivity (Wildman–Crippen MR) is 109 cm³/mol. The fraction of sp³-hybridized carbons (Fsp3) is 0.130. The van der Waals surface area contributed by atoms with Crippen LogP contribution in [-0.2, 0) is 4.74 Å². The highest BCUT2D eigenvalue weighted by molar-refractivity contribution is 5.79. The highest BCUT2D eigenvalue weighted by atomic mass is 16.5. The van der Waals surface area contributed by atoms with Crippen molar-refractivity contribution in [2.75, 3.05) is 18.9 Å². The van der Waals surface area contributed by atoms with Crippen molar-refractivity contribution in [3.8, 4) is 23.0 Å². The van der Waals surface area contributed by atoms with Gasteiger partial charge in [-0.3, -0.25) is 4.98 Å². The Morgan fingerprint density at radius 2 is 1.75 bits per heavy atom. The number of carbonyl (C=O) groups excluding carboxylic acids is 1. The molecule has 0 unspecified atom stereocenters. The van der Waals surface area contributed by atoms with E-state index in [4.69, 9.17) is 10.5 Å². The predicted octanol–water partition coefficient (Wildman–Crippen LogP) is 3.55. The first kappa shape index (κ1) is 17.6. The van der Waals surface area contributed by atoms with E-state index in [9.17, 15) is 4.79 Å². The van der Waals surface area contributed by atoms with Gasteiger partial charge in [0.05, 0.1) is 24.0 Å². The zero-order valence-electron chi connectivity index (χ0n) is 15.2. The van der Waals surface area contributed by atoms with Gasteiger partial charge in [0, 0.05) is 12.1 Å². The molecule has 0 spiro atoms. The molecular weight excluding hydrogens is 350 g/mol. The van der Waals surface area contributed by atoms with Crippen LogP contribution in [0.2, 0.25) is 0 Å². The molecule has 1 amide bonds. The van der Waals surface area contributed by atoms with Gasteiger partial charge in [-0.1, -0.05) is 60.4 Å². The second-order valence-electron chi connectivity index (χ2n) is 6.44. The summed E-state index contributed by atoms with van der Waals surface area (Å²) in [6.45, 7) is 0.461. The zero-order valence-corrected chi connectivity index (χ0v) is 15.2. The molecule has 0 aliphatic heterocycles. The van der Waals surface area contributed by atoms with Crippen molar-refractivity contribution in [2.45, 2.75) is 5.92 Å². The van der Waals surface area contributed by atoms with Crippen LogP contribution in [0.15, 0.2) is 67.0 Å². The Kier molecular flexibility index (Phi) is 4.94. The smallest absolute Gasteiger partial charge is 0.407 e. The maximum atomic E-state index is 12.1. The van der Waals surface area contributed by atoms with Gasteiger partial charge in [0.1, 0.15) is 6.61 Å².